The third kappa shape index (κ3) is 5.32. The molecule has 0 spiro atoms. The molecule has 1 unspecified atom stereocenters. The molecule has 0 radical (unpaired) electrons. The lowest BCUT2D eigenvalue weighted by Gasteiger charge is -2.34. The number of hydrogen-bond acceptors (Lipinski definition) is 4. The Morgan fingerprint density at radius 3 is 2.50 bits per heavy atom. The Bertz CT molecular complexity index is 758. The summed E-state index contributed by atoms with van der Waals surface area (Å²) in [7, 11) is 1.83. The molecule has 3 N–H and O–H groups in total. The molecule has 0 bridgehead atoms. The fourth-order valence-electron chi connectivity index (χ4n) is 3.96. The van der Waals surface area contributed by atoms with Gasteiger partial charge in [0.05, 0.1) is 12.2 Å². The maximum absolute atomic E-state index is 4.60. The van der Waals surface area contributed by atoms with Crippen molar-refractivity contribution in [3.05, 3.63) is 51.5 Å². The number of thiazole rings is 1. The summed E-state index contributed by atoms with van der Waals surface area (Å²) in [6.45, 7) is 8.02. The lowest BCUT2D eigenvalue weighted by Crippen LogP contribution is -2.54. The van der Waals surface area contributed by atoms with Crippen LogP contribution in [0.15, 0.2) is 35.3 Å². The molecule has 5 nitrogen and oxygen atoms in total. The first kappa shape index (κ1) is 20.8. The van der Waals surface area contributed by atoms with Gasteiger partial charge < -0.3 is 16.0 Å². The van der Waals surface area contributed by atoms with Crippen LogP contribution < -0.4 is 16.0 Å². The van der Waals surface area contributed by atoms with Crippen molar-refractivity contribution in [3.63, 3.8) is 0 Å². The van der Waals surface area contributed by atoms with E-state index in [0.717, 1.165) is 23.2 Å². The first-order valence-electron chi connectivity index (χ1n) is 10.2. The van der Waals surface area contributed by atoms with Gasteiger partial charge in [0.2, 0.25) is 0 Å². The predicted octanol–water partition coefficient (Wildman–Crippen LogP) is 4.09. The Kier molecular flexibility index (Phi) is 7.08. The number of aromatic nitrogens is 1. The molecule has 1 saturated carbocycles. The average Bonchev–Trinajstić information content (AvgIpc) is 3.29. The summed E-state index contributed by atoms with van der Waals surface area (Å²) < 4.78 is 0. The van der Waals surface area contributed by atoms with Crippen molar-refractivity contribution < 1.29 is 0 Å². The number of hydrogen-bond donors (Lipinski definition) is 3. The standard InChI is InChI=1S/C22H33N5S/c1-16-18(3)28-20(26-16)14-24-21(23-4)25-15-22(12-8-9-13-22)27-17(2)19-10-6-5-7-11-19/h5-7,10-11,17,27H,8-9,12-15H2,1-4H3,(H2,23,24,25). The number of guanidine groups is 1. The van der Waals surface area contributed by atoms with E-state index in [4.69, 9.17) is 0 Å². The maximum Gasteiger partial charge on any atom is 0.191 e. The number of aryl methyl sites for hydroxylation is 2. The van der Waals surface area contributed by atoms with Crippen molar-refractivity contribution in [3.8, 4) is 0 Å². The lowest BCUT2D eigenvalue weighted by molar-refractivity contribution is 0.297. The van der Waals surface area contributed by atoms with Crippen molar-refractivity contribution in [2.45, 2.75) is 64.6 Å². The molecule has 152 valence electrons. The van der Waals surface area contributed by atoms with E-state index in [1.807, 2.05) is 7.05 Å². The Balaban J connectivity index is 1.57. The average molecular weight is 400 g/mol. The van der Waals surface area contributed by atoms with Gasteiger partial charge in [-0.1, -0.05) is 43.2 Å². The van der Waals surface area contributed by atoms with Crippen LogP contribution in [0.3, 0.4) is 0 Å². The Morgan fingerprint density at radius 1 is 1.18 bits per heavy atom. The number of benzene rings is 1. The normalized spacial score (nSPS) is 17.5. The van der Waals surface area contributed by atoms with Crippen molar-refractivity contribution in [1.82, 2.24) is 20.9 Å². The zero-order valence-corrected chi connectivity index (χ0v) is 18.3. The van der Waals surface area contributed by atoms with Crippen LogP contribution in [0.4, 0.5) is 0 Å². The zero-order valence-electron chi connectivity index (χ0n) is 17.5. The van der Waals surface area contributed by atoms with Crippen LogP contribution in [0, 0.1) is 13.8 Å². The lowest BCUT2D eigenvalue weighted by atomic mass is 9.94. The van der Waals surface area contributed by atoms with Gasteiger partial charge >= 0.3 is 0 Å². The molecule has 3 rings (SSSR count). The van der Waals surface area contributed by atoms with Crippen molar-refractivity contribution >= 4 is 17.3 Å². The maximum atomic E-state index is 4.60. The Hall–Kier alpha value is -1.92. The molecule has 28 heavy (non-hydrogen) atoms. The summed E-state index contributed by atoms with van der Waals surface area (Å²) >= 11 is 1.75. The Morgan fingerprint density at radius 2 is 1.89 bits per heavy atom. The van der Waals surface area contributed by atoms with E-state index in [-0.39, 0.29) is 5.54 Å². The third-order valence-corrected chi connectivity index (χ3v) is 6.75. The second-order valence-electron chi connectivity index (χ2n) is 7.79. The van der Waals surface area contributed by atoms with E-state index in [1.54, 1.807) is 11.3 Å². The summed E-state index contributed by atoms with van der Waals surface area (Å²) in [5.74, 6) is 0.839. The smallest absolute Gasteiger partial charge is 0.191 e. The second kappa shape index (κ2) is 9.52. The number of rotatable bonds is 7. The van der Waals surface area contributed by atoms with Crippen LogP contribution >= 0.6 is 11.3 Å². The fraction of sp³-hybridized carbons (Fsp3) is 0.545. The highest BCUT2D eigenvalue weighted by atomic mass is 32.1. The van der Waals surface area contributed by atoms with Crippen molar-refractivity contribution in [1.29, 1.82) is 0 Å². The minimum atomic E-state index is 0.112. The summed E-state index contributed by atoms with van der Waals surface area (Å²) in [5.41, 5.74) is 2.57. The van der Waals surface area contributed by atoms with Crippen LogP contribution in [-0.4, -0.2) is 30.1 Å². The summed E-state index contributed by atoms with van der Waals surface area (Å²) in [5, 5.41) is 12.0. The summed E-state index contributed by atoms with van der Waals surface area (Å²) in [6.07, 6.45) is 4.94. The minimum absolute atomic E-state index is 0.112. The molecule has 2 aromatic rings. The molecule has 1 aromatic heterocycles. The van der Waals surface area contributed by atoms with Crippen LogP contribution in [0.2, 0.25) is 0 Å². The van der Waals surface area contributed by atoms with Gasteiger partial charge in [-0.2, -0.15) is 0 Å². The molecular formula is C22H33N5S. The molecular weight excluding hydrogens is 366 g/mol. The first-order valence-corrected chi connectivity index (χ1v) is 11.0. The van der Waals surface area contributed by atoms with Crippen LogP contribution in [-0.2, 0) is 6.54 Å². The molecule has 0 amide bonds. The van der Waals surface area contributed by atoms with E-state index in [0.29, 0.717) is 12.6 Å². The molecule has 6 heteroatoms. The predicted molar refractivity (Wildman–Crippen MR) is 119 cm³/mol. The molecule has 1 aliphatic rings. The molecule has 1 aromatic carbocycles. The van der Waals surface area contributed by atoms with Crippen LogP contribution in [0.25, 0.3) is 0 Å². The van der Waals surface area contributed by atoms with E-state index >= 15 is 0 Å². The third-order valence-electron chi connectivity index (χ3n) is 5.68. The molecule has 0 saturated heterocycles. The van der Waals surface area contributed by atoms with Crippen molar-refractivity contribution in [2.24, 2.45) is 4.99 Å². The van der Waals surface area contributed by atoms with Gasteiger partial charge in [0.1, 0.15) is 5.01 Å². The minimum Gasteiger partial charge on any atom is -0.355 e. The van der Waals surface area contributed by atoms with Gasteiger partial charge in [-0.15, -0.1) is 11.3 Å². The van der Waals surface area contributed by atoms with Crippen molar-refractivity contribution in [2.75, 3.05) is 13.6 Å². The largest absolute Gasteiger partial charge is 0.355 e. The molecule has 1 aliphatic carbocycles. The number of nitrogens with one attached hydrogen (secondary N) is 3. The van der Waals surface area contributed by atoms with E-state index in [1.165, 1.54) is 36.1 Å². The summed E-state index contributed by atoms with van der Waals surface area (Å²) in [4.78, 5) is 10.3. The van der Waals surface area contributed by atoms with Gasteiger partial charge in [0.25, 0.3) is 0 Å². The first-order chi connectivity index (χ1) is 13.5. The van der Waals surface area contributed by atoms with Gasteiger partial charge in [0.15, 0.2) is 5.96 Å². The second-order valence-corrected chi connectivity index (χ2v) is 9.08. The number of nitrogens with zero attached hydrogens (tertiary/aromatic N) is 2. The molecule has 1 heterocycles. The highest BCUT2D eigenvalue weighted by molar-refractivity contribution is 7.11. The Labute approximate surface area is 173 Å². The fourth-order valence-corrected chi connectivity index (χ4v) is 4.83. The highest BCUT2D eigenvalue weighted by Gasteiger charge is 2.35. The quantitative estimate of drug-likeness (QED) is 0.485. The van der Waals surface area contributed by atoms with Gasteiger partial charge in [-0.3, -0.25) is 4.99 Å². The van der Waals surface area contributed by atoms with Crippen LogP contribution in [0.1, 0.15) is 59.8 Å². The van der Waals surface area contributed by atoms with Gasteiger partial charge in [-0.05, 0) is 39.2 Å². The van der Waals surface area contributed by atoms with Crippen LogP contribution in [0.5, 0.6) is 0 Å². The number of aliphatic imine (C=N–C) groups is 1. The molecule has 1 atom stereocenters. The van der Waals surface area contributed by atoms with Gasteiger partial charge in [-0.25, -0.2) is 4.98 Å². The molecule has 1 fully saturated rings. The SMILES string of the molecule is CN=C(NCc1nc(C)c(C)s1)NCC1(NC(C)c2ccccc2)CCCC1. The van der Waals surface area contributed by atoms with Gasteiger partial charge in [0, 0.05) is 30.1 Å². The topological polar surface area (TPSA) is 61.3 Å². The molecule has 0 aliphatic heterocycles. The van der Waals surface area contributed by atoms with E-state index in [2.05, 4.69) is 77.0 Å². The summed E-state index contributed by atoms with van der Waals surface area (Å²) in [6, 6.07) is 11.0. The van der Waals surface area contributed by atoms with E-state index in [9.17, 15) is 0 Å². The van der Waals surface area contributed by atoms with E-state index < -0.39 is 0 Å². The monoisotopic (exact) mass is 399 g/mol. The highest BCUT2D eigenvalue weighted by Crippen LogP contribution is 2.31. The zero-order chi connectivity index (χ0) is 20.0.